The van der Waals surface area contributed by atoms with E-state index in [-0.39, 0.29) is 65.5 Å². The maximum atomic E-state index is 13.1. The van der Waals surface area contributed by atoms with Crippen LogP contribution in [0.15, 0.2) is 0 Å². The average molecular weight is 416 g/mol. The molecule has 1 saturated carbocycles. The highest BCUT2D eigenvalue weighted by atomic mass is 35.5. The van der Waals surface area contributed by atoms with Crippen LogP contribution in [0.3, 0.4) is 0 Å². The van der Waals surface area contributed by atoms with Gasteiger partial charge in [-0.3, -0.25) is 14.5 Å². The van der Waals surface area contributed by atoms with E-state index in [0.29, 0.717) is 13.1 Å². The summed E-state index contributed by atoms with van der Waals surface area (Å²) >= 11 is 6.65. The number of nitrogens with one attached hydrogen (secondary N) is 2. The Morgan fingerprint density at radius 2 is 1.93 bits per heavy atom. The first-order chi connectivity index (χ1) is 13.2. The highest BCUT2D eigenvalue weighted by Gasteiger charge is 2.45. The summed E-state index contributed by atoms with van der Waals surface area (Å²) in [5.41, 5.74) is 0. The molecule has 2 aliphatic rings. The smallest absolute Gasteiger partial charge is 0.225 e. The summed E-state index contributed by atoms with van der Waals surface area (Å²) in [7, 11) is 0. The Morgan fingerprint density at radius 1 is 1.25 bits per heavy atom. The van der Waals surface area contributed by atoms with Crippen molar-refractivity contribution in [2.75, 3.05) is 26.2 Å². The van der Waals surface area contributed by atoms with E-state index >= 15 is 0 Å². The van der Waals surface area contributed by atoms with Crippen LogP contribution in [0.25, 0.3) is 0 Å². The molecule has 1 heterocycles. The minimum atomic E-state index is -0.199. The van der Waals surface area contributed by atoms with Crippen LogP contribution < -0.4 is 10.6 Å². The molecule has 7 heteroatoms. The number of nitrogens with zero attached hydrogens (tertiary/aromatic N) is 1. The fourth-order valence-corrected chi connectivity index (χ4v) is 5.60. The molecule has 2 amide bonds. The van der Waals surface area contributed by atoms with Gasteiger partial charge in [0.25, 0.3) is 0 Å². The van der Waals surface area contributed by atoms with Crippen molar-refractivity contribution in [2.45, 2.75) is 64.9 Å². The number of alkyl halides is 1. The van der Waals surface area contributed by atoms with Crippen LogP contribution in [0.1, 0.15) is 47.5 Å². The van der Waals surface area contributed by atoms with E-state index in [1.807, 2.05) is 6.92 Å². The molecule has 2 fully saturated rings. The predicted octanol–water partition coefficient (Wildman–Crippen LogP) is 1.85. The maximum absolute atomic E-state index is 13.1. The highest BCUT2D eigenvalue weighted by Crippen LogP contribution is 2.40. The average Bonchev–Trinajstić information content (AvgIpc) is 2.62. The zero-order chi connectivity index (χ0) is 21.0. The quantitative estimate of drug-likeness (QED) is 0.554. The number of piperidine rings is 1. The van der Waals surface area contributed by atoms with Gasteiger partial charge in [-0.05, 0) is 44.1 Å². The fourth-order valence-electron chi connectivity index (χ4n) is 5.26. The van der Waals surface area contributed by atoms with Crippen LogP contribution in [0.4, 0.5) is 0 Å². The lowest BCUT2D eigenvalue weighted by Gasteiger charge is -2.46. The number of hydrogen-bond acceptors (Lipinski definition) is 4. The molecule has 0 radical (unpaired) electrons. The molecule has 2 rings (SSSR count). The molecule has 3 N–H and O–H groups in total. The zero-order valence-electron chi connectivity index (χ0n) is 18.0. The van der Waals surface area contributed by atoms with Gasteiger partial charge in [-0.2, -0.15) is 0 Å². The Morgan fingerprint density at radius 3 is 2.50 bits per heavy atom. The van der Waals surface area contributed by atoms with Crippen molar-refractivity contribution >= 4 is 23.4 Å². The lowest BCUT2D eigenvalue weighted by Crippen LogP contribution is -2.56. The van der Waals surface area contributed by atoms with E-state index in [4.69, 9.17) is 11.6 Å². The van der Waals surface area contributed by atoms with Gasteiger partial charge in [0.15, 0.2) is 0 Å². The molecule has 0 bridgehead atoms. The second kappa shape index (κ2) is 10.3. The largest absolute Gasteiger partial charge is 0.395 e. The highest BCUT2D eigenvalue weighted by molar-refractivity contribution is 6.21. The summed E-state index contributed by atoms with van der Waals surface area (Å²) in [6.45, 7) is 12.2. The van der Waals surface area contributed by atoms with Crippen LogP contribution in [-0.2, 0) is 9.59 Å². The van der Waals surface area contributed by atoms with Crippen molar-refractivity contribution in [2.24, 2.45) is 29.6 Å². The van der Waals surface area contributed by atoms with E-state index < -0.39 is 0 Å². The minimum absolute atomic E-state index is 0.00553. The third-order valence-corrected chi connectivity index (χ3v) is 7.55. The summed E-state index contributed by atoms with van der Waals surface area (Å²) < 4.78 is 0. The number of rotatable bonds is 7. The Balaban J connectivity index is 2.06. The van der Waals surface area contributed by atoms with Gasteiger partial charge in [0.1, 0.15) is 0 Å². The van der Waals surface area contributed by atoms with Crippen molar-refractivity contribution in [3.8, 4) is 0 Å². The Hall–Kier alpha value is -0.850. The fraction of sp³-hybridized carbons (Fsp3) is 0.905. The van der Waals surface area contributed by atoms with Gasteiger partial charge >= 0.3 is 0 Å². The topological polar surface area (TPSA) is 81.7 Å². The van der Waals surface area contributed by atoms with Gasteiger partial charge in [-0.25, -0.2) is 0 Å². The molecule has 6 nitrogen and oxygen atoms in total. The maximum Gasteiger partial charge on any atom is 0.225 e. The summed E-state index contributed by atoms with van der Waals surface area (Å²) in [5, 5.41) is 15.4. The van der Waals surface area contributed by atoms with Gasteiger partial charge in [-0.1, -0.05) is 27.7 Å². The van der Waals surface area contributed by atoms with Crippen molar-refractivity contribution < 1.29 is 14.7 Å². The van der Waals surface area contributed by atoms with E-state index in [1.54, 1.807) is 0 Å². The SMILES string of the molecule is CCN(CCO)C1CC(Cl)C(C)C(C(=O)NCC2C(=O)NC(C)CC2C)C1C. The summed E-state index contributed by atoms with van der Waals surface area (Å²) in [6.07, 6.45) is 1.75. The van der Waals surface area contributed by atoms with E-state index in [1.165, 1.54) is 0 Å². The van der Waals surface area contributed by atoms with Crippen LogP contribution in [0.5, 0.6) is 0 Å². The van der Waals surface area contributed by atoms with Crippen LogP contribution >= 0.6 is 11.6 Å². The molecule has 8 unspecified atom stereocenters. The third-order valence-electron chi connectivity index (χ3n) is 6.98. The third kappa shape index (κ3) is 5.19. The number of halogens is 1. The number of aliphatic hydroxyl groups excluding tert-OH is 1. The first-order valence-corrected chi connectivity index (χ1v) is 11.2. The van der Waals surface area contributed by atoms with E-state index in [0.717, 1.165) is 19.4 Å². The molecule has 0 aromatic carbocycles. The van der Waals surface area contributed by atoms with E-state index in [9.17, 15) is 14.7 Å². The number of carbonyl (C=O) groups excluding carboxylic acids is 2. The molecule has 1 saturated heterocycles. The number of hydrogen-bond donors (Lipinski definition) is 3. The molecule has 1 aliphatic heterocycles. The molecule has 1 aliphatic carbocycles. The van der Waals surface area contributed by atoms with Crippen LogP contribution in [-0.4, -0.2) is 65.5 Å². The van der Waals surface area contributed by atoms with Crippen molar-refractivity contribution in [3.63, 3.8) is 0 Å². The molecular formula is C21H38ClN3O3. The molecule has 8 atom stereocenters. The molecule has 0 spiro atoms. The number of carbonyl (C=O) groups is 2. The number of likely N-dealkylation sites (N-methyl/N-ethyl adjacent to an activating group) is 1. The summed E-state index contributed by atoms with van der Waals surface area (Å²) in [4.78, 5) is 27.7. The normalized spacial score (nSPS) is 38.9. The molecular weight excluding hydrogens is 378 g/mol. The summed E-state index contributed by atoms with van der Waals surface area (Å²) in [5.74, 6) is 0.0956. The summed E-state index contributed by atoms with van der Waals surface area (Å²) in [6, 6.07) is 0.363. The first kappa shape index (κ1) is 23.4. The monoisotopic (exact) mass is 415 g/mol. The van der Waals surface area contributed by atoms with Crippen LogP contribution in [0, 0.1) is 29.6 Å². The molecule has 0 aromatic heterocycles. The van der Waals surface area contributed by atoms with E-state index in [2.05, 4.69) is 43.2 Å². The molecule has 28 heavy (non-hydrogen) atoms. The lowest BCUT2D eigenvalue weighted by atomic mass is 9.69. The lowest BCUT2D eigenvalue weighted by molar-refractivity contribution is -0.133. The molecule has 162 valence electrons. The number of aliphatic hydroxyl groups is 1. The van der Waals surface area contributed by atoms with Crippen LogP contribution in [0.2, 0.25) is 0 Å². The van der Waals surface area contributed by atoms with Gasteiger partial charge in [-0.15, -0.1) is 11.6 Å². The Kier molecular flexibility index (Phi) is 8.59. The van der Waals surface area contributed by atoms with Gasteiger partial charge < -0.3 is 15.7 Å². The van der Waals surface area contributed by atoms with Gasteiger partial charge in [0.05, 0.1) is 12.5 Å². The second-order valence-electron chi connectivity index (χ2n) is 8.89. The van der Waals surface area contributed by atoms with Gasteiger partial charge in [0.2, 0.25) is 11.8 Å². The number of amides is 2. The second-order valence-corrected chi connectivity index (χ2v) is 9.45. The molecule has 0 aromatic rings. The van der Waals surface area contributed by atoms with Crippen molar-refractivity contribution in [1.82, 2.24) is 15.5 Å². The van der Waals surface area contributed by atoms with Crippen molar-refractivity contribution in [3.05, 3.63) is 0 Å². The standard InChI is InChI=1S/C21H38ClN3O3/c1-6-25(7-8-26)18-10-17(22)14(4)19(15(18)5)21(28)23-11-16-12(2)9-13(3)24-20(16)27/h12-19,26H,6-11H2,1-5H3,(H,23,28)(H,24,27). The van der Waals surface area contributed by atoms with Crippen molar-refractivity contribution in [1.29, 1.82) is 0 Å². The Labute approximate surface area is 174 Å². The first-order valence-electron chi connectivity index (χ1n) is 10.8. The predicted molar refractivity (Wildman–Crippen MR) is 112 cm³/mol. The zero-order valence-corrected chi connectivity index (χ0v) is 18.7. The Bertz CT molecular complexity index is 547. The minimum Gasteiger partial charge on any atom is -0.395 e. The van der Waals surface area contributed by atoms with Gasteiger partial charge in [0, 0.05) is 36.5 Å².